The molecule has 1 aromatic carbocycles. The lowest BCUT2D eigenvalue weighted by Crippen LogP contribution is -2.73. The van der Waals surface area contributed by atoms with Gasteiger partial charge in [0.05, 0.1) is 18.6 Å². The highest BCUT2D eigenvalue weighted by Gasteiger charge is 2.54. The number of benzene rings is 1. The number of rotatable bonds is 14. The highest BCUT2D eigenvalue weighted by molar-refractivity contribution is 7.84. The summed E-state index contributed by atoms with van der Waals surface area (Å²) < 4.78 is 40.1. The molecule has 0 radical (unpaired) electrons. The Hall–Kier alpha value is -5.19. The predicted octanol–water partition coefficient (Wildman–Crippen LogP) is -2.04. The Kier molecular flexibility index (Phi) is 9.64. The van der Waals surface area contributed by atoms with Crippen LogP contribution in [0.4, 0.5) is 5.13 Å². The Labute approximate surface area is 270 Å². The molecule has 20 nitrogen and oxygen atoms in total. The van der Waals surface area contributed by atoms with Gasteiger partial charge < -0.3 is 37.2 Å². The summed E-state index contributed by atoms with van der Waals surface area (Å²) in [6.45, 7) is -0.808. The zero-order valence-corrected chi connectivity index (χ0v) is 25.8. The first-order chi connectivity index (χ1) is 22.3. The normalized spacial score (nSPS) is 22.2. The van der Waals surface area contributed by atoms with Gasteiger partial charge in [-0.05, 0) is 37.1 Å². The minimum atomic E-state index is -4.98. The third-order valence-corrected chi connectivity index (χ3v) is 8.72. The number of carboxylic acids is 1. The summed E-state index contributed by atoms with van der Waals surface area (Å²) in [6, 6.07) is 3.85. The van der Waals surface area contributed by atoms with Crippen LogP contribution >= 0.6 is 11.3 Å². The number of oxime groups is 1. The SMILES string of the molecule is NC(=NC1CC(N)C1)c1ccc(OC[C@H](O/N=C(\C(=O)N[C@@H]2C(=O)N(S(=O)(=O)O)[C@@H]2Cn2cncn2)c2csc(N)n2)C(=O)O)cc1. The first-order valence-electron chi connectivity index (χ1n) is 13.7. The second-order valence-corrected chi connectivity index (χ2v) is 12.6. The number of thiazole rings is 1. The van der Waals surface area contributed by atoms with Gasteiger partial charge >= 0.3 is 16.3 Å². The fraction of sp³-hybridized carbons (Fsp3) is 0.360. The van der Waals surface area contributed by atoms with Crippen LogP contribution in [0.5, 0.6) is 5.75 Å². The van der Waals surface area contributed by atoms with Gasteiger partial charge in [0.1, 0.15) is 42.6 Å². The van der Waals surface area contributed by atoms with E-state index < -0.39 is 58.6 Å². The van der Waals surface area contributed by atoms with Crippen molar-refractivity contribution in [3.63, 3.8) is 0 Å². The van der Waals surface area contributed by atoms with E-state index in [1.165, 1.54) is 16.4 Å². The molecule has 3 aromatic rings. The fourth-order valence-corrected chi connectivity index (χ4v) is 6.05. The average Bonchev–Trinajstić information content (AvgIpc) is 3.67. The summed E-state index contributed by atoms with van der Waals surface area (Å²) in [5, 5.41) is 21.0. The van der Waals surface area contributed by atoms with E-state index in [0.717, 1.165) is 30.5 Å². The molecule has 2 fully saturated rings. The van der Waals surface area contributed by atoms with Crippen LogP contribution in [0.3, 0.4) is 0 Å². The predicted molar refractivity (Wildman–Crippen MR) is 163 cm³/mol. The number of β-lactam (4-membered cyclic amide) rings is 1. The number of carbonyl (C=O) groups excluding carboxylic acids is 2. The number of aliphatic carboxylic acids is 1. The van der Waals surface area contributed by atoms with Gasteiger partial charge in [-0.2, -0.15) is 13.5 Å². The molecule has 0 bridgehead atoms. The first kappa shape index (κ1) is 33.2. The maximum absolute atomic E-state index is 13.3. The highest BCUT2D eigenvalue weighted by Crippen LogP contribution is 2.26. The van der Waals surface area contributed by atoms with Crippen LogP contribution in [-0.4, -0.2) is 108 Å². The largest absolute Gasteiger partial charge is 0.489 e. The Morgan fingerprint density at radius 3 is 2.53 bits per heavy atom. The topological polar surface area (TPSA) is 306 Å². The van der Waals surface area contributed by atoms with Crippen LogP contribution in [0.25, 0.3) is 0 Å². The maximum Gasteiger partial charge on any atom is 0.362 e. The Morgan fingerprint density at radius 1 is 1.23 bits per heavy atom. The van der Waals surface area contributed by atoms with Crippen LogP contribution in [0.2, 0.25) is 0 Å². The van der Waals surface area contributed by atoms with Crippen molar-refractivity contribution in [1.82, 2.24) is 29.4 Å². The number of nitrogens with two attached hydrogens (primary N) is 3. The van der Waals surface area contributed by atoms with E-state index in [1.807, 2.05) is 0 Å². The summed E-state index contributed by atoms with van der Waals surface area (Å²) in [5.41, 5.74) is 17.5. The van der Waals surface area contributed by atoms with Gasteiger partial charge in [-0.25, -0.2) is 19.1 Å². The lowest BCUT2D eigenvalue weighted by molar-refractivity contribution is -0.152. The molecular formula is C25H29N11O9S2. The number of amides is 2. The van der Waals surface area contributed by atoms with Crippen LogP contribution in [0, 0.1) is 0 Å². The number of amidine groups is 1. The van der Waals surface area contributed by atoms with Crippen molar-refractivity contribution < 1.29 is 42.0 Å². The molecule has 22 heteroatoms. The van der Waals surface area contributed by atoms with Crippen molar-refractivity contribution in [2.45, 2.75) is 49.7 Å². The number of anilines is 1. The number of carbonyl (C=O) groups is 3. The van der Waals surface area contributed by atoms with Gasteiger partial charge in [0.2, 0.25) is 0 Å². The van der Waals surface area contributed by atoms with Crippen LogP contribution in [-0.2, 0) is 36.1 Å². The van der Waals surface area contributed by atoms with Crippen LogP contribution in [0.1, 0.15) is 24.1 Å². The second kappa shape index (κ2) is 13.7. The van der Waals surface area contributed by atoms with E-state index in [0.29, 0.717) is 11.4 Å². The number of nitrogens with zero attached hydrogens (tertiary/aromatic N) is 7. The van der Waals surface area contributed by atoms with Crippen molar-refractivity contribution in [2.75, 3.05) is 12.3 Å². The fourth-order valence-electron chi connectivity index (χ4n) is 4.63. The highest BCUT2D eigenvalue weighted by atomic mass is 32.2. The lowest BCUT2D eigenvalue weighted by Gasteiger charge is -2.43. The third-order valence-electron chi connectivity index (χ3n) is 7.09. The lowest BCUT2D eigenvalue weighted by atomic mass is 9.88. The smallest absolute Gasteiger partial charge is 0.362 e. The number of aromatic nitrogens is 4. The van der Waals surface area contributed by atoms with Crippen molar-refractivity contribution in [1.29, 1.82) is 0 Å². The van der Waals surface area contributed by atoms with E-state index in [9.17, 15) is 32.5 Å². The van der Waals surface area contributed by atoms with Gasteiger partial charge in [-0.15, -0.1) is 11.3 Å². The molecule has 9 N–H and O–H groups in total. The van der Waals surface area contributed by atoms with Crippen molar-refractivity contribution in [3.8, 4) is 5.75 Å². The molecule has 3 heterocycles. The number of nitrogens with one attached hydrogen (secondary N) is 1. The molecule has 2 aromatic heterocycles. The molecule has 5 rings (SSSR count). The summed E-state index contributed by atoms with van der Waals surface area (Å²) >= 11 is 0.935. The van der Waals surface area contributed by atoms with E-state index in [-0.39, 0.29) is 39.5 Å². The van der Waals surface area contributed by atoms with E-state index in [1.54, 1.807) is 24.3 Å². The van der Waals surface area contributed by atoms with Gasteiger partial charge in [-0.1, -0.05) is 5.16 Å². The molecule has 2 amide bonds. The molecule has 250 valence electrons. The van der Waals surface area contributed by atoms with E-state index in [2.05, 4.69) is 30.5 Å². The molecule has 2 aliphatic rings. The van der Waals surface area contributed by atoms with Gasteiger partial charge in [0.15, 0.2) is 10.8 Å². The Bertz CT molecular complexity index is 1790. The minimum absolute atomic E-state index is 0.0327. The molecule has 1 saturated carbocycles. The van der Waals surface area contributed by atoms with Crippen LogP contribution < -0.4 is 27.3 Å². The van der Waals surface area contributed by atoms with Gasteiger partial charge in [0, 0.05) is 17.0 Å². The average molecular weight is 692 g/mol. The molecule has 1 aliphatic carbocycles. The van der Waals surface area contributed by atoms with Gasteiger partial charge in [0.25, 0.3) is 17.9 Å². The van der Waals surface area contributed by atoms with Crippen LogP contribution in [0.15, 0.2) is 52.4 Å². The minimum Gasteiger partial charge on any atom is -0.489 e. The van der Waals surface area contributed by atoms with Gasteiger partial charge in [-0.3, -0.25) is 23.8 Å². The number of carboxylic acid groups (broad SMARTS) is 1. The van der Waals surface area contributed by atoms with Crippen molar-refractivity contribution in [2.24, 2.45) is 21.6 Å². The number of hydrogen-bond acceptors (Lipinski definition) is 15. The third kappa shape index (κ3) is 7.79. The summed E-state index contributed by atoms with van der Waals surface area (Å²) in [5.74, 6) is -3.10. The molecule has 3 atom stereocenters. The molecule has 47 heavy (non-hydrogen) atoms. The van der Waals surface area contributed by atoms with E-state index >= 15 is 0 Å². The Morgan fingerprint density at radius 2 is 1.96 bits per heavy atom. The second-order valence-electron chi connectivity index (χ2n) is 10.4. The monoisotopic (exact) mass is 691 g/mol. The quantitative estimate of drug-likeness (QED) is 0.0349. The standard InChI is InChI=1S/C25H29N11O9S2/c26-13-5-14(6-13)31-21(27)12-1-3-15(4-2-12)44-8-18(24(39)40)45-34-19(16-9-46-25(28)32-16)22(37)33-20-17(7-35-11-29-10-30-35)36(23(20)38)47(41,42)43/h1-4,9-11,13-14,17-18,20H,5-8,26H2,(H2,27,31)(H2,28,32)(H,33,37)(H,39,40)(H,41,42,43)/b34-19-/t13?,14?,17-,18+,20+/m1/s1. The molecule has 0 spiro atoms. The number of hydrogen-bond donors (Lipinski definition) is 6. The van der Waals surface area contributed by atoms with Crippen molar-refractivity contribution in [3.05, 3.63) is 53.6 Å². The number of ether oxygens (including phenoxy) is 1. The maximum atomic E-state index is 13.3. The van der Waals surface area contributed by atoms with Crippen molar-refractivity contribution >= 4 is 56.1 Å². The Balaban J connectivity index is 1.27. The molecule has 1 aliphatic heterocycles. The number of nitrogen functional groups attached to an aromatic ring is 1. The zero-order valence-electron chi connectivity index (χ0n) is 24.2. The van der Waals surface area contributed by atoms with E-state index in [4.69, 9.17) is 26.8 Å². The zero-order chi connectivity index (χ0) is 33.9. The molecule has 0 unspecified atom stereocenters. The summed E-state index contributed by atoms with van der Waals surface area (Å²) in [7, 11) is -4.98. The summed E-state index contributed by atoms with van der Waals surface area (Å²) in [4.78, 5) is 55.3. The molecular weight excluding hydrogens is 662 g/mol. The summed E-state index contributed by atoms with van der Waals surface area (Å²) in [6.07, 6.45) is 2.20. The first-order valence-corrected chi connectivity index (χ1v) is 16.0. The molecule has 1 saturated heterocycles. The number of aliphatic imine (C=N–C) groups is 1.